The molecular weight excluding hydrogens is 348 g/mol. The lowest BCUT2D eigenvalue weighted by molar-refractivity contribution is -0.146. The molecule has 0 saturated heterocycles. The van der Waals surface area contributed by atoms with Crippen molar-refractivity contribution in [2.75, 3.05) is 13.2 Å². The average Bonchev–Trinajstić information content (AvgIpc) is 2.67. The third kappa shape index (κ3) is 25.1. The van der Waals surface area contributed by atoms with E-state index in [-0.39, 0.29) is 13.2 Å². The van der Waals surface area contributed by atoms with Crippen molar-refractivity contribution in [3.63, 3.8) is 0 Å². The van der Waals surface area contributed by atoms with Crippen LogP contribution >= 0.6 is 0 Å². The maximum Gasteiger partial charge on any atom is 0.332 e. The lowest BCUT2D eigenvalue weighted by atomic mass is 10.1. The smallest absolute Gasteiger partial charge is 0.332 e. The summed E-state index contributed by atoms with van der Waals surface area (Å²) in [4.78, 5) is 10.4. The predicted molar refractivity (Wildman–Crippen MR) is 109 cm³/mol. The van der Waals surface area contributed by atoms with E-state index in [1.807, 2.05) is 0 Å². The van der Waals surface area contributed by atoms with Gasteiger partial charge in [0.1, 0.15) is 6.10 Å². The fraction of sp³-hybridized carbons (Fsp3) is 0.857. The highest BCUT2D eigenvalue weighted by Crippen LogP contribution is 2.10. The van der Waals surface area contributed by atoms with Gasteiger partial charge in [0, 0.05) is 0 Å². The van der Waals surface area contributed by atoms with Crippen molar-refractivity contribution >= 4 is 5.97 Å². The molecule has 0 amide bonds. The molecule has 27 heavy (non-hydrogen) atoms. The van der Waals surface area contributed by atoms with Crippen LogP contribution in [0.1, 0.15) is 90.4 Å². The number of carbonyl (C=O) groups is 1. The van der Waals surface area contributed by atoms with Gasteiger partial charge in [0.15, 0.2) is 6.10 Å². The lowest BCUT2D eigenvalue weighted by Crippen LogP contribution is -2.18. The van der Waals surface area contributed by atoms with Gasteiger partial charge in [0.05, 0.1) is 13.2 Å². The Bertz CT molecular complexity index is 329. The van der Waals surface area contributed by atoms with E-state index in [9.17, 15) is 4.79 Å². The lowest BCUT2D eigenvalue weighted by Gasteiger charge is -2.04. The number of hydrogen-bond acceptors (Lipinski definition) is 5. The minimum atomic E-state index is -1.18. The molecule has 0 rings (SSSR count). The summed E-state index contributed by atoms with van der Waals surface area (Å²) in [6.45, 7) is 1.52. The van der Waals surface area contributed by atoms with Crippen LogP contribution in [-0.2, 0) is 4.79 Å². The van der Waals surface area contributed by atoms with E-state index < -0.39 is 18.2 Å². The quantitative estimate of drug-likeness (QED) is 0.192. The largest absolute Gasteiger partial charge is 0.479 e. The van der Waals surface area contributed by atoms with E-state index in [1.54, 1.807) is 0 Å². The number of aliphatic hydroxyl groups is 4. The van der Waals surface area contributed by atoms with Crippen molar-refractivity contribution in [3.8, 4) is 0 Å². The summed E-state index contributed by atoms with van der Waals surface area (Å²) in [5.74, 6) is -1.10. The number of carboxylic acid groups (broad SMARTS) is 1. The van der Waals surface area contributed by atoms with Gasteiger partial charge >= 0.3 is 5.97 Å². The highest BCUT2D eigenvalue weighted by atomic mass is 16.4. The topological polar surface area (TPSA) is 118 Å². The van der Waals surface area contributed by atoms with Crippen LogP contribution in [0.25, 0.3) is 0 Å². The van der Waals surface area contributed by atoms with Gasteiger partial charge < -0.3 is 25.5 Å². The summed E-state index contributed by atoms with van der Waals surface area (Å²) in [6.07, 6.45) is 17.4. The molecule has 1 atom stereocenters. The van der Waals surface area contributed by atoms with Gasteiger partial charge in [-0.1, -0.05) is 70.4 Å². The van der Waals surface area contributed by atoms with Crippen molar-refractivity contribution in [2.24, 2.45) is 0 Å². The molecule has 0 aromatic heterocycles. The maximum atomic E-state index is 10.4. The summed E-state index contributed by atoms with van der Waals surface area (Å²) in [5, 5.41) is 41.6. The standard InChI is InChI=1S/C18H34O3.C3H8O3/c1-2-3-4-5-6-7-8-9-10-11-12-13-14-15-16-17(19)18(20)21;4-1-3(6)2-5/h9-10,17,19H,2-8,11-16H2,1H3,(H,20,21);3-6H,1-2H2/b10-9-;. The number of aliphatic hydroxyl groups excluding tert-OH is 4. The Kier molecular flexibility index (Phi) is 24.2. The van der Waals surface area contributed by atoms with Crippen LogP contribution in [0.2, 0.25) is 0 Å². The zero-order chi connectivity index (χ0) is 20.8. The van der Waals surface area contributed by atoms with Gasteiger partial charge in [0.2, 0.25) is 0 Å². The normalized spacial score (nSPS) is 12.2. The summed E-state index contributed by atoms with van der Waals surface area (Å²) < 4.78 is 0. The third-order valence-corrected chi connectivity index (χ3v) is 4.20. The van der Waals surface area contributed by atoms with Crippen molar-refractivity contribution < 1.29 is 30.3 Å². The Labute approximate surface area is 164 Å². The Hall–Kier alpha value is -0.950. The van der Waals surface area contributed by atoms with Crippen molar-refractivity contribution in [1.82, 2.24) is 0 Å². The Morgan fingerprint density at radius 1 is 0.778 bits per heavy atom. The van der Waals surface area contributed by atoms with Crippen LogP contribution in [0.5, 0.6) is 0 Å². The molecule has 0 aromatic carbocycles. The zero-order valence-electron chi connectivity index (χ0n) is 17.1. The van der Waals surface area contributed by atoms with Crippen molar-refractivity contribution in [2.45, 2.75) is 103 Å². The molecule has 0 fully saturated rings. The monoisotopic (exact) mass is 390 g/mol. The minimum absolute atomic E-state index is 0.365. The second-order valence-corrected chi connectivity index (χ2v) is 6.89. The highest BCUT2D eigenvalue weighted by Gasteiger charge is 2.11. The number of carboxylic acids is 1. The molecule has 0 aliphatic rings. The molecule has 0 aliphatic heterocycles. The van der Waals surface area contributed by atoms with Gasteiger partial charge in [-0.3, -0.25) is 0 Å². The Morgan fingerprint density at radius 3 is 1.63 bits per heavy atom. The van der Waals surface area contributed by atoms with Gasteiger partial charge in [-0.05, 0) is 32.1 Å². The molecule has 0 saturated carbocycles. The average molecular weight is 391 g/mol. The van der Waals surface area contributed by atoms with E-state index >= 15 is 0 Å². The van der Waals surface area contributed by atoms with Crippen molar-refractivity contribution in [1.29, 1.82) is 0 Å². The van der Waals surface area contributed by atoms with Gasteiger partial charge in [-0.15, -0.1) is 0 Å². The first-order valence-electron chi connectivity index (χ1n) is 10.4. The fourth-order valence-electron chi connectivity index (χ4n) is 2.41. The number of aliphatic carboxylic acids is 1. The SMILES string of the molecule is CCCCCCCC/C=C\CCCCCCC(O)C(=O)O.OCC(O)CO. The van der Waals surface area contributed by atoms with Crippen LogP contribution in [0.3, 0.4) is 0 Å². The second-order valence-electron chi connectivity index (χ2n) is 6.89. The van der Waals surface area contributed by atoms with Crippen LogP contribution < -0.4 is 0 Å². The van der Waals surface area contributed by atoms with Gasteiger partial charge in [-0.25, -0.2) is 4.79 Å². The van der Waals surface area contributed by atoms with Gasteiger partial charge in [0.25, 0.3) is 0 Å². The highest BCUT2D eigenvalue weighted by molar-refractivity contribution is 5.71. The second kappa shape index (κ2) is 23.1. The zero-order valence-corrected chi connectivity index (χ0v) is 17.1. The molecule has 5 N–H and O–H groups in total. The molecule has 1 unspecified atom stereocenters. The summed E-state index contributed by atoms with van der Waals surface area (Å²) in [5.41, 5.74) is 0. The minimum Gasteiger partial charge on any atom is -0.479 e. The number of rotatable bonds is 17. The molecule has 0 spiro atoms. The Balaban J connectivity index is 0. The number of hydrogen-bond donors (Lipinski definition) is 5. The first kappa shape index (κ1) is 28.3. The van der Waals surface area contributed by atoms with Gasteiger partial charge in [-0.2, -0.15) is 0 Å². The molecule has 0 heterocycles. The molecule has 162 valence electrons. The van der Waals surface area contributed by atoms with E-state index in [4.69, 9.17) is 25.5 Å². The van der Waals surface area contributed by atoms with E-state index in [1.165, 1.54) is 44.9 Å². The molecular formula is C21H42O6. The van der Waals surface area contributed by atoms with Crippen LogP contribution in [0.4, 0.5) is 0 Å². The van der Waals surface area contributed by atoms with E-state index in [0.717, 1.165) is 32.1 Å². The number of unbranched alkanes of at least 4 members (excludes halogenated alkanes) is 10. The fourth-order valence-corrected chi connectivity index (χ4v) is 2.41. The Morgan fingerprint density at radius 2 is 1.22 bits per heavy atom. The first-order chi connectivity index (χ1) is 13.0. The third-order valence-electron chi connectivity index (χ3n) is 4.20. The van der Waals surface area contributed by atoms with E-state index in [2.05, 4.69) is 19.1 Å². The maximum absolute atomic E-state index is 10.4. The molecule has 0 aliphatic carbocycles. The molecule has 6 heteroatoms. The first-order valence-corrected chi connectivity index (χ1v) is 10.4. The van der Waals surface area contributed by atoms with Crippen LogP contribution in [-0.4, -0.2) is 56.9 Å². The predicted octanol–water partition coefficient (Wildman–Crippen LogP) is 3.41. The molecule has 6 nitrogen and oxygen atoms in total. The number of allylic oxidation sites excluding steroid dienone is 2. The van der Waals surface area contributed by atoms with Crippen LogP contribution in [0, 0.1) is 0 Å². The van der Waals surface area contributed by atoms with Crippen LogP contribution in [0.15, 0.2) is 12.2 Å². The molecule has 0 bridgehead atoms. The summed E-state index contributed by atoms with van der Waals surface area (Å²) in [6, 6.07) is 0. The van der Waals surface area contributed by atoms with Crippen molar-refractivity contribution in [3.05, 3.63) is 12.2 Å². The summed E-state index contributed by atoms with van der Waals surface area (Å²) in [7, 11) is 0. The molecule has 0 aromatic rings. The summed E-state index contributed by atoms with van der Waals surface area (Å²) >= 11 is 0. The van der Waals surface area contributed by atoms with E-state index in [0.29, 0.717) is 6.42 Å². The molecule has 0 radical (unpaired) electrons.